The van der Waals surface area contributed by atoms with Gasteiger partial charge in [0.2, 0.25) is 0 Å². The van der Waals surface area contributed by atoms with E-state index < -0.39 is 5.97 Å². The highest BCUT2D eigenvalue weighted by molar-refractivity contribution is 7.80. The number of carbonyl (C=O) groups excluding carboxylic acids is 2. The van der Waals surface area contributed by atoms with Crippen molar-refractivity contribution >= 4 is 34.9 Å². The van der Waals surface area contributed by atoms with Crippen LogP contribution in [0.15, 0.2) is 48.5 Å². The van der Waals surface area contributed by atoms with E-state index in [-0.39, 0.29) is 11.0 Å². The van der Waals surface area contributed by atoms with E-state index in [0.29, 0.717) is 29.2 Å². The summed E-state index contributed by atoms with van der Waals surface area (Å²) in [6, 6.07) is 13.6. The van der Waals surface area contributed by atoms with Gasteiger partial charge in [-0.1, -0.05) is 25.1 Å². The number of nitrogens with one attached hydrogen (secondary N) is 2. The van der Waals surface area contributed by atoms with Crippen molar-refractivity contribution in [3.63, 3.8) is 0 Å². The van der Waals surface area contributed by atoms with Crippen LogP contribution in [0.1, 0.15) is 34.1 Å². The molecule has 0 radical (unpaired) electrons. The average molecular weight is 372 g/mol. The van der Waals surface area contributed by atoms with Crippen molar-refractivity contribution in [3.8, 4) is 5.75 Å². The third-order valence-corrected chi connectivity index (χ3v) is 3.58. The number of benzene rings is 2. The van der Waals surface area contributed by atoms with Crippen LogP contribution in [0, 0.1) is 0 Å². The molecule has 0 aliphatic rings. The summed E-state index contributed by atoms with van der Waals surface area (Å²) in [6.45, 7) is 2.59. The maximum Gasteiger partial charge on any atom is 0.339 e. The van der Waals surface area contributed by atoms with Crippen LogP contribution in [0.25, 0.3) is 0 Å². The van der Waals surface area contributed by atoms with Crippen LogP contribution in [0.2, 0.25) is 0 Å². The van der Waals surface area contributed by atoms with Gasteiger partial charge in [0, 0.05) is 5.56 Å². The Kier molecular flexibility index (Phi) is 7.11. The average Bonchev–Trinajstić information content (AvgIpc) is 2.66. The molecule has 0 heterocycles. The molecule has 0 aromatic heterocycles. The van der Waals surface area contributed by atoms with E-state index in [1.165, 1.54) is 7.11 Å². The van der Waals surface area contributed by atoms with Crippen LogP contribution in [-0.4, -0.2) is 30.7 Å². The largest absolute Gasteiger partial charge is 0.494 e. The van der Waals surface area contributed by atoms with Crippen LogP contribution in [0.4, 0.5) is 5.69 Å². The van der Waals surface area contributed by atoms with Crippen molar-refractivity contribution < 1.29 is 19.1 Å². The van der Waals surface area contributed by atoms with Crippen molar-refractivity contribution in [1.82, 2.24) is 5.32 Å². The minimum atomic E-state index is -0.497. The lowest BCUT2D eigenvalue weighted by molar-refractivity contribution is 0.0602. The Morgan fingerprint density at radius 2 is 1.88 bits per heavy atom. The van der Waals surface area contributed by atoms with Crippen molar-refractivity contribution in [2.45, 2.75) is 13.3 Å². The van der Waals surface area contributed by atoms with Crippen LogP contribution >= 0.6 is 12.2 Å². The van der Waals surface area contributed by atoms with Gasteiger partial charge in [-0.05, 0) is 49.0 Å². The first-order valence-electron chi connectivity index (χ1n) is 8.07. The third kappa shape index (κ3) is 5.29. The summed E-state index contributed by atoms with van der Waals surface area (Å²) in [4.78, 5) is 24.1. The summed E-state index contributed by atoms with van der Waals surface area (Å²) in [7, 11) is 1.30. The summed E-state index contributed by atoms with van der Waals surface area (Å²) < 4.78 is 10.3. The van der Waals surface area contributed by atoms with Crippen molar-refractivity contribution in [1.29, 1.82) is 0 Å². The van der Waals surface area contributed by atoms with Crippen LogP contribution in [0.3, 0.4) is 0 Å². The number of amides is 1. The molecule has 0 aliphatic heterocycles. The standard InChI is InChI=1S/C19H20N2O4S/c1-3-11-25-14-8-6-7-13(12-14)17(22)21-19(26)20-16-10-5-4-9-15(16)18(23)24-2/h4-10,12H,3,11H2,1-2H3,(H2,20,21,22,26). The van der Waals surface area contributed by atoms with Gasteiger partial charge in [-0.3, -0.25) is 10.1 Å². The summed E-state index contributed by atoms with van der Waals surface area (Å²) in [6.07, 6.45) is 0.879. The summed E-state index contributed by atoms with van der Waals surface area (Å²) >= 11 is 5.17. The first-order chi connectivity index (χ1) is 12.5. The number of rotatable bonds is 6. The first-order valence-corrected chi connectivity index (χ1v) is 8.48. The quantitative estimate of drug-likeness (QED) is 0.598. The topological polar surface area (TPSA) is 76.7 Å². The van der Waals surface area contributed by atoms with E-state index in [4.69, 9.17) is 21.7 Å². The second kappa shape index (κ2) is 9.53. The Morgan fingerprint density at radius 1 is 1.12 bits per heavy atom. The lowest BCUT2D eigenvalue weighted by Crippen LogP contribution is -2.34. The molecule has 2 aromatic rings. The molecule has 7 heteroatoms. The predicted octanol–water partition coefficient (Wildman–Crippen LogP) is 3.39. The summed E-state index contributed by atoms with van der Waals surface area (Å²) in [5.41, 5.74) is 1.19. The predicted molar refractivity (Wildman–Crippen MR) is 104 cm³/mol. The number of hydrogen-bond donors (Lipinski definition) is 2. The molecule has 2 aromatic carbocycles. The molecule has 0 saturated heterocycles. The molecule has 2 N–H and O–H groups in total. The molecule has 0 unspecified atom stereocenters. The van der Waals surface area contributed by atoms with E-state index in [1.54, 1.807) is 48.5 Å². The number of para-hydroxylation sites is 1. The number of carbonyl (C=O) groups is 2. The molecule has 2 rings (SSSR count). The highest BCUT2D eigenvalue weighted by Gasteiger charge is 2.14. The summed E-state index contributed by atoms with van der Waals surface area (Å²) in [5, 5.41) is 5.50. The lowest BCUT2D eigenvalue weighted by atomic mass is 10.2. The van der Waals surface area contributed by atoms with Gasteiger partial charge in [0.1, 0.15) is 5.75 Å². The molecule has 6 nitrogen and oxygen atoms in total. The van der Waals surface area contributed by atoms with Crippen LogP contribution in [0.5, 0.6) is 5.75 Å². The molecule has 0 spiro atoms. The molecule has 0 atom stereocenters. The van der Waals surface area contributed by atoms with Crippen molar-refractivity contribution in [2.24, 2.45) is 0 Å². The molecular weight excluding hydrogens is 352 g/mol. The normalized spacial score (nSPS) is 9.92. The number of hydrogen-bond acceptors (Lipinski definition) is 5. The van der Waals surface area contributed by atoms with Crippen molar-refractivity contribution in [3.05, 3.63) is 59.7 Å². The van der Waals surface area contributed by atoms with Gasteiger partial charge in [-0.25, -0.2) is 4.79 Å². The molecule has 0 aliphatic carbocycles. The molecule has 0 saturated carbocycles. The van der Waals surface area contributed by atoms with Gasteiger partial charge < -0.3 is 14.8 Å². The molecular formula is C19H20N2O4S. The lowest BCUT2D eigenvalue weighted by Gasteiger charge is -2.13. The molecule has 0 fully saturated rings. The molecule has 1 amide bonds. The van der Waals surface area contributed by atoms with Gasteiger partial charge in [-0.15, -0.1) is 0 Å². The van der Waals surface area contributed by atoms with E-state index >= 15 is 0 Å². The zero-order valence-electron chi connectivity index (χ0n) is 14.6. The zero-order valence-corrected chi connectivity index (χ0v) is 15.4. The maximum absolute atomic E-state index is 12.4. The number of anilines is 1. The molecule has 136 valence electrons. The van der Waals surface area contributed by atoms with Gasteiger partial charge in [-0.2, -0.15) is 0 Å². The molecule has 26 heavy (non-hydrogen) atoms. The highest BCUT2D eigenvalue weighted by atomic mass is 32.1. The minimum absolute atomic E-state index is 0.0752. The van der Waals surface area contributed by atoms with Crippen LogP contribution < -0.4 is 15.4 Å². The zero-order chi connectivity index (χ0) is 18.9. The van der Waals surface area contributed by atoms with E-state index in [0.717, 1.165) is 6.42 Å². The minimum Gasteiger partial charge on any atom is -0.494 e. The van der Waals surface area contributed by atoms with Gasteiger partial charge >= 0.3 is 5.97 Å². The van der Waals surface area contributed by atoms with Crippen LogP contribution in [-0.2, 0) is 4.74 Å². The summed E-state index contributed by atoms with van der Waals surface area (Å²) in [5.74, 6) is -0.252. The van der Waals surface area contributed by atoms with E-state index in [9.17, 15) is 9.59 Å². The fraction of sp³-hybridized carbons (Fsp3) is 0.211. The number of thiocarbonyl (C=S) groups is 1. The Balaban J connectivity index is 2.04. The maximum atomic E-state index is 12.4. The van der Waals surface area contributed by atoms with Gasteiger partial charge in [0.25, 0.3) is 5.91 Å². The SMILES string of the molecule is CCCOc1cccc(C(=O)NC(=S)Nc2ccccc2C(=O)OC)c1. The third-order valence-electron chi connectivity index (χ3n) is 3.38. The Morgan fingerprint density at radius 3 is 2.62 bits per heavy atom. The fourth-order valence-electron chi connectivity index (χ4n) is 2.16. The second-order valence-corrected chi connectivity index (χ2v) is 5.73. The van der Waals surface area contributed by atoms with E-state index in [1.807, 2.05) is 6.92 Å². The number of esters is 1. The monoisotopic (exact) mass is 372 g/mol. The highest BCUT2D eigenvalue weighted by Crippen LogP contribution is 2.16. The first kappa shape index (κ1) is 19.4. The molecule has 0 bridgehead atoms. The van der Waals surface area contributed by atoms with Crippen molar-refractivity contribution in [2.75, 3.05) is 19.0 Å². The number of ether oxygens (including phenoxy) is 2. The second-order valence-electron chi connectivity index (χ2n) is 5.32. The Hall–Kier alpha value is -2.93. The Bertz CT molecular complexity index is 808. The van der Waals surface area contributed by atoms with E-state index in [2.05, 4.69) is 10.6 Å². The smallest absolute Gasteiger partial charge is 0.339 e. The fourth-order valence-corrected chi connectivity index (χ4v) is 2.36. The Labute approximate surface area is 157 Å². The van der Waals surface area contributed by atoms with Gasteiger partial charge in [0.15, 0.2) is 5.11 Å². The van der Waals surface area contributed by atoms with Gasteiger partial charge in [0.05, 0.1) is 25.0 Å². The number of methoxy groups -OCH3 is 1.